The molecule has 0 heterocycles. The fraction of sp³-hybridized carbons (Fsp3) is 0.364. The maximum Gasteiger partial charge on any atom is 0.356 e. The molecule has 0 fully saturated rings. The maximum atomic E-state index is 11.8. The fourth-order valence-electron chi connectivity index (χ4n) is 1.19. The van der Waals surface area contributed by atoms with E-state index in [1.165, 1.54) is 0 Å². The van der Waals surface area contributed by atoms with Crippen LogP contribution in [0.3, 0.4) is 0 Å². The summed E-state index contributed by atoms with van der Waals surface area (Å²) in [5, 5.41) is 0. The van der Waals surface area contributed by atoms with Crippen LogP contribution in [0.15, 0.2) is 34.1 Å². The van der Waals surface area contributed by atoms with Crippen LogP contribution in [0.5, 0.6) is 0 Å². The smallest absolute Gasteiger partial charge is 0.356 e. The summed E-state index contributed by atoms with van der Waals surface area (Å²) in [6.07, 6.45) is 1.55. The van der Waals surface area contributed by atoms with Crippen LogP contribution in [-0.2, 0) is 31.9 Å². The Morgan fingerprint density at radius 1 is 1.35 bits per heavy atom. The zero-order valence-corrected chi connectivity index (χ0v) is 11.3. The summed E-state index contributed by atoms with van der Waals surface area (Å²) < 4.78 is 27.8. The standard InChI is InChI=1S/C11H14O4S2/c1-3-15-11(12)8-17(14)10-6-4-5-9(7-10)16(2)13/h4-7H,3,8H2,1-2H3. The highest BCUT2D eigenvalue weighted by molar-refractivity contribution is 7.92. The van der Waals surface area contributed by atoms with Gasteiger partial charge >= 0.3 is 5.97 Å². The summed E-state index contributed by atoms with van der Waals surface area (Å²) in [6.45, 7) is 1.97. The molecule has 0 bridgehead atoms. The van der Waals surface area contributed by atoms with Gasteiger partial charge in [-0.3, -0.25) is 0 Å². The summed E-state index contributed by atoms with van der Waals surface area (Å²) in [5.41, 5.74) is 0. The van der Waals surface area contributed by atoms with Gasteiger partial charge in [0.1, 0.15) is 6.26 Å². The molecule has 0 aliphatic rings. The van der Waals surface area contributed by atoms with Crippen molar-refractivity contribution in [2.45, 2.75) is 16.7 Å². The second-order valence-corrected chi connectivity index (χ2v) is 6.05. The van der Waals surface area contributed by atoms with Gasteiger partial charge < -0.3 is 13.8 Å². The van der Waals surface area contributed by atoms with Crippen LogP contribution >= 0.6 is 0 Å². The molecule has 0 N–H and O–H groups in total. The summed E-state index contributed by atoms with van der Waals surface area (Å²) in [7, 11) is 0. The summed E-state index contributed by atoms with van der Waals surface area (Å²) >= 11 is -2.57. The van der Waals surface area contributed by atoms with Gasteiger partial charge in [0.05, 0.1) is 6.61 Å². The van der Waals surface area contributed by atoms with Crippen LogP contribution in [0.2, 0.25) is 0 Å². The summed E-state index contributed by atoms with van der Waals surface area (Å²) in [6, 6.07) is 6.60. The van der Waals surface area contributed by atoms with E-state index >= 15 is 0 Å². The number of rotatable bonds is 5. The lowest BCUT2D eigenvalue weighted by Crippen LogP contribution is -2.19. The molecule has 2 atom stereocenters. The molecular formula is C11H14O4S2. The van der Waals surface area contributed by atoms with E-state index in [4.69, 9.17) is 4.74 Å². The summed E-state index contributed by atoms with van der Waals surface area (Å²) in [5.74, 6) is -0.665. The van der Waals surface area contributed by atoms with E-state index in [-0.39, 0.29) is 12.4 Å². The van der Waals surface area contributed by atoms with Gasteiger partial charge in [0.25, 0.3) is 0 Å². The summed E-state index contributed by atoms with van der Waals surface area (Å²) in [4.78, 5) is 12.3. The Hall–Kier alpha value is -0.690. The molecule has 0 saturated carbocycles. The van der Waals surface area contributed by atoms with Crippen molar-refractivity contribution in [3.05, 3.63) is 24.3 Å². The van der Waals surface area contributed by atoms with Crippen LogP contribution in [0.4, 0.5) is 0 Å². The molecule has 1 aromatic rings. The first kappa shape index (κ1) is 14.4. The Kier molecular flexibility index (Phi) is 5.84. The Labute approximate surface area is 107 Å². The van der Waals surface area contributed by atoms with Crippen molar-refractivity contribution in [2.75, 3.05) is 18.6 Å². The van der Waals surface area contributed by atoms with Crippen molar-refractivity contribution >= 4 is 28.3 Å². The predicted molar refractivity (Wildman–Crippen MR) is 66.7 cm³/mol. The minimum atomic E-state index is -1.45. The van der Waals surface area contributed by atoms with Crippen molar-refractivity contribution in [1.82, 2.24) is 0 Å². The second kappa shape index (κ2) is 6.90. The number of carbonyl (C=O) groups excluding carboxylic acids is 1. The van der Waals surface area contributed by atoms with Gasteiger partial charge in [-0.15, -0.1) is 0 Å². The third kappa shape index (κ3) is 4.59. The zero-order chi connectivity index (χ0) is 12.8. The van der Waals surface area contributed by atoms with E-state index in [9.17, 15) is 13.9 Å². The molecular weight excluding hydrogens is 260 g/mol. The van der Waals surface area contributed by atoms with Gasteiger partial charge in [-0.2, -0.15) is 0 Å². The normalized spacial score (nSPS) is 14.1. The van der Waals surface area contributed by atoms with Crippen molar-refractivity contribution in [2.24, 2.45) is 0 Å². The maximum absolute atomic E-state index is 11.8. The van der Waals surface area contributed by atoms with E-state index in [0.717, 1.165) is 0 Å². The van der Waals surface area contributed by atoms with Crippen molar-refractivity contribution in [1.29, 1.82) is 0 Å². The number of hydrogen-bond donors (Lipinski definition) is 0. The zero-order valence-electron chi connectivity index (χ0n) is 9.67. The second-order valence-electron chi connectivity index (χ2n) is 3.22. The van der Waals surface area contributed by atoms with Crippen molar-refractivity contribution in [3.8, 4) is 0 Å². The van der Waals surface area contributed by atoms with Crippen LogP contribution in [0.25, 0.3) is 0 Å². The molecule has 6 heteroatoms. The van der Waals surface area contributed by atoms with E-state index in [2.05, 4.69) is 0 Å². The third-order valence-electron chi connectivity index (χ3n) is 1.95. The molecule has 1 aromatic carbocycles. The fourth-order valence-corrected chi connectivity index (χ4v) is 2.78. The number of hydrogen-bond acceptors (Lipinski definition) is 4. The Bertz CT molecular complexity index is 381. The molecule has 4 nitrogen and oxygen atoms in total. The minimum absolute atomic E-state index is 0.173. The van der Waals surface area contributed by atoms with Crippen LogP contribution in [0, 0.1) is 0 Å². The lowest BCUT2D eigenvalue weighted by Gasteiger charge is -2.10. The van der Waals surface area contributed by atoms with E-state index in [1.807, 2.05) is 0 Å². The van der Waals surface area contributed by atoms with E-state index in [1.54, 1.807) is 37.4 Å². The molecule has 2 unspecified atom stereocenters. The Morgan fingerprint density at radius 3 is 2.59 bits per heavy atom. The predicted octanol–water partition coefficient (Wildman–Crippen LogP) is 1.09. The average molecular weight is 274 g/mol. The quantitative estimate of drug-likeness (QED) is 0.595. The first-order valence-corrected chi connectivity index (χ1v) is 7.89. The topological polar surface area (TPSA) is 72.4 Å². The Balaban J connectivity index is 2.71. The third-order valence-corrected chi connectivity index (χ3v) is 4.15. The monoisotopic (exact) mass is 274 g/mol. The van der Waals surface area contributed by atoms with Crippen LogP contribution in [-0.4, -0.2) is 33.7 Å². The highest BCUT2D eigenvalue weighted by Gasteiger charge is 2.19. The van der Waals surface area contributed by atoms with Crippen LogP contribution < -0.4 is 0 Å². The first-order chi connectivity index (χ1) is 8.04. The highest BCUT2D eigenvalue weighted by Crippen LogP contribution is 2.17. The van der Waals surface area contributed by atoms with Gasteiger partial charge in [-0.05, 0) is 41.4 Å². The SMILES string of the molecule is CCOC(=O)C[S+]([O-])c1cccc([S+](C)[O-])c1. The molecule has 17 heavy (non-hydrogen) atoms. The van der Waals surface area contributed by atoms with Gasteiger partial charge in [-0.25, -0.2) is 4.79 Å². The highest BCUT2D eigenvalue weighted by atomic mass is 32.2. The van der Waals surface area contributed by atoms with Crippen molar-refractivity contribution in [3.63, 3.8) is 0 Å². The number of carbonyl (C=O) groups is 1. The molecule has 0 aromatic heterocycles. The molecule has 0 radical (unpaired) electrons. The molecule has 0 saturated heterocycles. The number of ether oxygens (including phenoxy) is 1. The van der Waals surface area contributed by atoms with Crippen molar-refractivity contribution < 1.29 is 18.6 Å². The van der Waals surface area contributed by atoms with E-state index in [0.29, 0.717) is 9.79 Å². The van der Waals surface area contributed by atoms with Gasteiger partial charge in [0, 0.05) is 6.07 Å². The minimum Gasteiger partial charge on any atom is -0.612 e. The Morgan fingerprint density at radius 2 is 2.00 bits per heavy atom. The average Bonchev–Trinajstić information content (AvgIpc) is 2.29. The first-order valence-electron chi connectivity index (χ1n) is 5.02. The number of esters is 1. The molecule has 0 aliphatic carbocycles. The van der Waals surface area contributed by atoms with Crippen LogP contribution in [0.1, 0.15) is 6.92 Å². The van der Waals surface area contributed by atoms with E-state index < -0.39 is 28.3 Å². The lowest BCUT2D eigenvalue weighted by atomic mass is 10.4. The molecule has 0 amide bonds. The number of benzene rings is 1. The molecule has 0 spiro atoms. The van der Waals surface area contributed by atoms with Gasteiger partial charge in [-0.1, -0.05) is 6.07 Å². The lowest BCUT2D eigenvalue weighted by molar-refractivity contribution is -0.139. The molecule has 1 rings (SSSR count). The molecule has 0 aliphatic heterocycles. The molecule has 94 valence electrons. The van der Waals surface area contributed by atoms with Gasteiger partial charge in [0.15, 0.2) is 9.79 Å². The largest absolute Gasteiger partial charge is 0.612 e. The van der Waals surface area contributed by atoms with Gasteiger partial charge in [0.2, 0.25) is 5.75 Å².